The van der Waals surface area contributed by atoms with Gasteiger partial charge in [0.05, 0.1) is 6.54 Å². The number of carbonyl (C=O) groups excluding carboxylic acids is 2. The molecule has 1 aliphatic heterocycles. The summed E-state index contributed by atoms with van der Waals surface area (Å²) in [6, 6.07) is 5.44. The van der Waals surface area contributed by atoms with Crippen molar-refractivity contribution in [3.05, 3.63) is 35.6 Å². The van der Waals surface area contributed by atoms with Gasteiger partial charge in [-0.1, -0.05) is 11.8 Å². The number of rotatable bonds is 3. The number of aliphatic imine (C=N–C) groups is 1. The summed E-state index contributed by atoms with van der Waals surface area (Å²) < 4.78 is 12.8. The SMILES string of the molecule is CC(=O)N=C1SCCN1CC(=O)c1ccc(F)cc1. The fourth-order valence-electron chi connectivity index (χ4n) is 1.72. The Kier molecular flexibility index (Phi) is 4.31. The third-order valence-corrected chi connectivity index (χ3v) is 3.61. The quantitative estimate of drug-likeness (QED) is 0.794. The topological polar surface area (TPSA) is 49.7 Å². The van der Waals surface area contributed by atoms with Gasteiger partial charge in [0.15, 0.2) is 11.0 Å². The minimum absolute atomic E-state index is 0.112. The van der Waals surface area contributed by atoms with E-state index in [9.17, 15) is 14.0 Å². The molecular formula is C13H13FN2O2S. The molecule has 2 rings (SSSR count). The van der Waals surface area contributed by atoms with Crippen molar-refractivity contribution in [1.82, 2.24) is 4.90 Å². The molecule has 0 unspecified atom stereocenters. The minimum atomic E-state index is -0.368. The lowest BCUT2D eigenvalue weighted by atomic mass is 10.1. The number of amidine groups is 1. The number of carbonyl (C=O) groups is 2. The van der Waals surface area contributed by atoms with E-state index in [0.717, 1.165) is 5.75 Å². The number of benzene rings is 1. The molecule has 1 aromatic carbocycles. The average molecular weight is 280 g/mol. The zero-order chi connectivity index (χ0) is 13.8. The van der Waals surface area contributed by atoms with Crippen LogP contribution in [0.3, 0.4) is 0 Å². The molecule has 0 saturated carbocycles. The molecule has 1 fully saturated rings. The Hall–Kier alpha value is -1.69. The van der Waals surface area contributed by atoms with Gasteiger partial charge >= 0.3 is 0 Å². The lowest BCUT2D eigenvalue weighted by Gasteiger charge is -2.16. The lowest BCUT2D eigenvalue weighted by Crippen LogP contribution is -2.31. The predicted octanol–water partition coefficient (Wildman–Crippen LogP) is 1.96. The Bertz CT molecular complexity index is 528. The molecule has 0 aliphatic carbocycles. The highest BCUT2D eigenvalue weighted by Gasteiger charge is 2.22. The largest absolute Gasteiger partial charge is 0.343 e. The number of hydrogen-bond acceptors (Lipinski definition) is 3. The molecular weight excluding hydrogens is 267 g/mol. The van der Waals surface area contributed by atoms with E-state index in [0.29, 0.717) is 17.3 Å². The van der Waals surface area contributed by atoms with E-state index < -0.39 is 0 Å². The number of thioether (sulfide) groups is 1. The van der Waals surface area contributed by atoms with E-state index in [2.05, 4.69) is 4.99 Å². The Labute approximate surface area is 114 Å². The third-order valence-electron chi connectivity index (χ3n) is 2.62. The summed E-state index contributed by atoms with van der Waals surface area (Å²) in [7, 11) is 0. The average Bonchev–Trinajstić information content (AvgIpc) is 2.76. The Balaban J connectivity index is 2.06. The minimum Gasteiger partial charge on any atom is -0.343 e. The maximum atomic E-state index is 12.8. The van der Waals surface area contributed by atoms with Crippen molar-refractivity contribution in [2.75, 3.05) is 18.8 Å². The fourth-order valence-corrected chi connectivity index (χ4v) is 2.74. The molecule has 1 heterocycles. The van der Waals surface area contributed by atoms with Crippen LogP contribution in [0.4, 0.5) is 4.39 Å². The van der Waals surface area contributed by atoms with Crippen molar-refractivity contribution in [2.24, 2.45) is 4.99 Å². The molecule has 0 atom stereocenters. The van der Waals surface area contributed by atoms with Gasteiger partial charge < -0.3 is 4.90 Å². The van der Waals surface area contributed by atoms with Crippen molar-refractivity contribution >= 4 is 28.6 Å². The second kappa shape index (κ2) is 5.97. The van der Waals surface area contributed by atoms with Crippen LogP contribution in [-0.2, 0) is 4.79 Å². The first-order valence-electron chi connectivity index (χ1n) is 5.82. The predicted molar refractivity (Wildman–Crippen MR) is 72.9 cm³/mol. The van der Waals surface area contributed by atoms with E-state index in [1.807, 2.05) is 0 Å². The molecule has 1 aliphatic rings. The summed E-state index contributed by atoms with van der Waals surface area (Å²) >= 11 is 1.46. The van der Waals surface area contributed by atoms with Crippen molar-refractivity contribution in [2.45, 2.75) is 6.92 Å². The number of ketones is 1. The van der Waals surface area contributed by atoms with Gasteiger partial charge in [-0.15, -0.1) is 0 Å². The monoisotopic (exact) mass is 280 g/mol. The maximum Gasteiger partial charge on any atom is 0.244 e. The summed E-state index contributed by atoms with van der Waals surface area (Å²) in [4.78, 5) is 28.7. The maximum absolute atomic E-state index is 12.8. The Morgan fingerprint density at radius 2 is 2.05 bits per heavy atom. The van der Waals surface area contributed by atoms with Crippen LogP contribution in [0, 0.1) is 5.82 Å². The summed E-state index contributed by atoms with van der Waals surface area (Å²) in [5, 5.41) is 0.586. The van der Waals surface area contributed by atoms with Gasteiger partial charge in [-0.3, -0.25) is 9.59 Å². The number of amides is 1. The molecule has 100 valence electrons. The summed E-state index contributed by atoms with van der Waals surface area (Å²) in [6.45, 7) is 2.22. The molecule has 0 N–H and O–H groups in total. The van der Waals surface area contributed by atoms with E-state index in [1.165, 1.54) is 43.0 Å². The van der Waals surface area contributed by atoms with Crippen LogP contribution in [0.5, 0.6) is 0 Å². The molecule has 6 heteroatoms. The number of Topliss-reactive ketones (excluding diaryl/α,β-unsaturated/α-hetero) is 1. The van der Waals surface area contributed by atoms with Gasteiger partial charge in [0.25, 0.3) is 0 Å². The van der Waals surface area contributed by atoms with Gasteiger partial charge in [0.1, 0.15) is 5.82 Å². The summed E-state index contributed by atoms with van der Waals surface area (Å²) in [5.74, 6) is 0.0532. The highest BCUT2D eigenvalue weighted by atomic mass is 32.2. The van der Waals surface area contributed by atoms with E-state index in [-0.39, 0.29) is 24.1 Å². The highest BCUT2D eigenvalue weighted by molar-refractivity contribution is 8.14. The Morgan fingerprint density at radius 3 is 2.68 bits per heavy atom. The van der Waals surface area contributed by atoms with Crippen LogP contribution < -0.4 is 0 Å². The second-order valence-electron chi connectivity index (χ2n) is 4.11. The molecule has 1 aromatic rings. The molecule has 0 aromatic heterocycles. The fraction of sp³-hybridized carbons (Fsp3) is 0.308. The second-order valence-corrected chi connectivity index (χ2v) is 5.18. The third kappa shape index (κ3) is 3.64. The van der Waals surface area contributed by atoms with E-state index >= 15 is 0 Å². The van der Waals surface area contributed by atoms with Crippen molar-refractivity contribution < 1.29 is 14.0 Å². The number of hydrogen-bond donors (Lipinski definition) is 0. The Morgan fingerprint density at radius 1 is 1.37 bits per heavy atom. The smallest absolute Gasteiger partial charge is 0.244 e. The first kappa shape index (κ1) is 13.7. The molecule has 19 heavy (non-hydrogen) atoms. The highest BCUT2D eigenvalue weighted by Crippen LogP contribution is 2.18. The normalized spacial score (nSPS) is 16.9. The standard InChI is InChI=1S/C13H13FN2O2S/c1-9(17)15-13-16(6-7-19-13)8-12(18)10-2-4-11(14)5-3-10/h2-5H,6-8H2,1H3. The number of nitrogens with zero attached hydrogens (tertiary/aromatic N) is 2. The van der Waals surface area contributed by atoms with Crippen LogP contribution in [0.2, 0.25) is 0 Å². The van der Waals surface area contributed by atoms with Gasteiger partial charge in [0.2, 0.25) is 5.91 Å². The van der Waals surface area contributed by atoms with Gasteiger partial charge in [-0.25, -0.2) is 4.39 Å². The zero-order valence-electron chi connectivity index (χ0n) is 10.4. The lowest BCUT2D eigenvalue weighted by molar-refractivity contribution is -0.115. The van der Waals surface area contributed by atoms with Crippen LogP contribution in [0.15, 0.2) is 29.3 Å². The van der Waals surface area contributed by atoms with Gasteiger partial charge in [0, 0.05) is 24.8 Å². The van der Waals surface area contributed by atoms with Crippen LogP contribution in [0.25, 0.3) is 0 Å². The first-order valence-corrected chi connectivity index (χ1v) is 6.80. The van der Waals surface area contributed by atoms with E-state index in [4.69, 9.17) is 0 Å². The molecule has 4 nitrogen and oxygen atoms in total. The van der Waals surface area contributed by atoms with Crippen LogP contribution in [0.1, 0.15) is 17.3 Å². The van der Waals surface area contributed by atoms with Crippen LogP contribution in [-0.4, -0.2) is 40.6 Å². The van der Waals surface area contributed by atoms with Crippen LogP contribution >= 0.6 is 11.8 Å². The molecule has 1 amide bonds. The molecule has 1 saturated heterocycles. The van der Waals surface area contributed by atoms with Gasteiger partial charge in [-0.2, -0.15) is 4.99 Å². The zero-order valence-corrected chi connectivity index (χ0v) is 11.2. The molecule has 0 bridgehead atoms. The summed E-state index contributed by atoms with van der Waals surface area (Å²) in [6.07, 6.45) is 0. The molecule has 0 radical (unpaired) electrons. The van der Waals surface area contributed by atoms with Crippen molar-refractivity contribution in [3.63, 3.8) is 0 Å². The van der Waals surface area contributed by atoms with Crippen molar-refractivity contribution in [3.8, 4) is 0 Å². The first-order chi connectivity index (χ1) is 9.06. The molecule has 0 spiro atoms. The van der Waals surface area contributed by atoms with Crippen molar-refractivity contribution in [1.29, 1.82) is 0 Å². The van der Waals surface area contributed by atoms with E-state index in [1.54, 1.807) is 4.90 Å². The van der Waals surface area contributed by atoms with Gasteiger partial charge in [-0.05, 0) is 24.3 Å². The number of halogens is 1. The summed E-state index contributed by atoms with van der Waals surface area (Å²) in [5.41, 5.74) is 0.459.